The first kappa shape index (κ1) is 27.9. The Hall–Kier alpha value is -4.70. The molecule has 0 aromatic heterocycles. The Bertz CT molecular complexity index is 1380. The van der Waals surface area contributed by atoms with Crippen molar-refractivity contribution >= 4 is 35.1 Å². The van der Waals surface area contributed by atoms with Crippen molar-refractivity contribution in [3.8, 4) is 0 Å². The molecule has 3 aromatic carbocycles. The number of hydrogen-bond acceptors (Lipinski definition) is 7. The van der Waals surface area contributed by atoms with E-state index >= 15 is 0 Å². The van der Waals surface area contributed by atoms with Crippen molar-refractivity contribution in [1.82, 2.24) is 10.6 Å². The Balaban J connectivity index is 1.23. The summed E-state index contributed by atoms with van der Waals surface area (Å²) in [5.41, 5.74) is 3.11. The minimum atomic E-state index is -0.947. The summed E-state index contributed by atoms with van der Waals surface area (Å²) in [4.78, 5) is 53.0. The van der Waals surface area contributed by atoms with Crippen LogP contribution in [0.15, 0.2) is 84.9 Å². The zero-order valence-corrected chi connectivity index (χ0v) is 22.5. The molecular formula is C31H32N4O6. The maximum absolute atomic E-state index is 13.7. The van der Waals surface area contributed by atoms with Crippen LogP contribution in [0.4, 0.5) is 11.4 Å². The van der Waals surface area contributed by atoms with Gasteiger partial charge in [0.2, 0.25) is 18.1 Å². The van der Waals surface area contributed by atoms with Gasteiger partial charge >= 0.3 is 5.97 Å². The van der Waals surface area contributed by atoms with Crippen molar-refractivity contribution in [1.29, 1.82) is 0 Å². The average Bonchev–Trinajstić information content (AvgIpc) is 3.28. The van der Waals surface area contributed by atoms with Gasteiger partial charge in [-0.25, -0.2) is 0 Å². The van der Waals surface area contributed by atoms with Gasteiger partial charge in [-0.15, -0.1) is 0 Å². The maximum atomic E-state index is 13.7. The second kappa shape index (κ2) is 13.1. The summed E-state index contributed by atoms with van der Waals surface area (Å²) in [5.74, 6) is -1.64. The molecule has 0 saturated carbocycles. The second-order valence-electron chi connectivity index (χ2n) is 9.96. The first-order chi connectivity index (χ1) is 20.0. The van der Waals surface area contributed by atoms with Crippen LogP contribution in [0.25, 0.3) is 0 Å². The molecule has 3 amide bonds. The molecular weight excluding hydrogens is 524 g/mol. The molecule has 3 aromatic rings. The molecule has 10 heteroatoms. The molecule has 0 radical (unpaired) electrons. The van der Waals surface area contributed by atoms with Crippen LogP contribution < -0.4 is 20.9 Å². The van der Waals surface area contributed by atoms with Crippen molar-refractivity contribution < 1.29 is 28.7 Å². The smallest absolute Gasteiger partial charge is 0.310 e. The minimum Gasteiger partial charge on any atom is -0.433 e. The Morgan fingerprint density at radius 3 is 2.32 bits per heavy atom. The van der Waals surface area contributed by atoms with E-state index in [0.717, 1.165) is 11.1 Å². The van der Waals surface area contributed by atoms with E-state index in [2.05, 4.69) is 16.0 Å². The van der Waals surface area contributed by atoms with Crippen LogP contribution in [0.3, 0.4) is 0 Å². The van der Waals surface area contributed by atoms with Crippen molar-refractivity contribution in [3.05, 3.63) is 96.1 Å². The van der Waals surface area contributed by atoms with Crippen LogP contribution in [0.1, 0.15) is 24.0 Å². The van der Waals surface area contributed by atoms with E-state index in [1.54, 1.807) is 12.1 Å². The first-order valence-electron chi connectivity index (χ1n) is 13.6. The number of anilines is 2. The summed E-state index contributed by atoms with van der Waals surface area (Å²) in [6.45, 7) is 0.0654. The van der Waals surface area contributed by atoms with Crippen molar-refractivity contribution in [2.24, 2.45) is 0 Å². The number of benzene rings is 3. The van der Waals surface area contributed by atoms with E-state index in [9.17, 15) is 19.2 Å². The highest BCUT2D eigenvalue weighted by atomic mass is 16.7. The summed E-state index contributed by atoms with van der Waals surface area (Å²) in [5, 5.41) is 8.84. The molecule has 2 aliphatic rings. The number of fused-ring (bicyclic) bond motifs is 1. The molecule has 3 N–H and O–H groups in total. The van der Waals surface area contributed by atoms with Crippen LogP contribution in [0.2, 0.25) is 0 Å². The van der Waals surface area contributed by atoms with Gasteiger partial charge in [0.1, 0.15) is 18.6 Å². The Morgan fingerprint density at radius 1 is 0.878 bits per heavy atom. The van der Waals surface area contributed by atoms with Gasteiger partial charge < -0.3 is 25.4 Å². The highest BCUT2D eigenvalue weighted by Gasteiger charge is 2.38. The van der Waals surface area contributed by atoms with Crippen molar-refractivity contribution in [2.75, 3.05) is 23.3 Å². The quantitative estimate of drug-likeness (QED) is 0.328. The van der Waals surface area contributed by atoms with Crippen LogP contribution in [0, 0.1) is 0 Å². The standard InChI is InChI=1S/C31H32N4O6/c36-27(16-15-21-9-3-1-4-10-21)34-25-18-32-23-13-7-8-14-26(23)35(30(25)39)19-28(37)33-24-17-29(38)41-31(24)40-20-22-11-5-2-6-12-22/h1-14,24-25,31-32H,15-20H2,(H,33,37)(H,34,36). The van der Waals surface area contributed by atoms with Gasteiger partial charge in [0, 0.05) is 13.0 Å². The maximum Gasteiger partial charge on any atom is 0.310 e. The van der Waals surface area contributed by atoms with E-state index < -0.39 is 36.2 Å². The molecule has 41 heavy (non-hydrogen) atoms. The summed E-state index contributed by atoms with van der Waals surface area (Å²) in [6.07, 6.45) is -0.223. The Labute approximate surface area is 238 Å². The lowest BCUT2D eigenvalue weighted by Gasteiger charge is -2.26. The molecule has 2 heterocycles. The molecule has 5 rings (SSSR count). The van der Waals surface area contributed by atoms with E-state index in [0.29, 0.717) is 17.8 Å². The number of esters is 1. The second-order valence-corrected chi connectivity index (χ2v) is 9.96. The van der Waals surface area contributed by atoms with Crippen LogP contribution >= 0.6 is 0 Å². The fourth-order valence-electron chi connectivity index (χ4n) is 4.86. The SMILES string of the molecule is O=C(CCc1ccccc1)NC1CNc2ccccc2N(CC(=O)NC2CC(=O)OC2OCc2ccccc2)C1=O. The fourth-order valence-corrected chi connectivity index (χ4v) is 4.86. The highest BCUT2D eigenvalue weighted by molar-refractivity contribution is 6.06. The first-order valence-corrected chi connectivity index (χ1v) is 13.6. The monoisotopic (exact) mass is 556 g/mol. The molecule has 3 unspecified atom stereocenters. The number of carbonyl (C=O) groups is 4. The Kier molecular flexibility index (Phi) is 8.90. The third-order valence-corrected chi connectivity index (χ3v) is 6.94. The minimum absolute atomic E-state index is 0.0443. The Morgan fingerprint density at radius 2 is 1.56 bits per heavy atom. The molecule has 10 nitrogen and oxygen atoms in total. The van der Waals surface area contributed by atoms with Gasteiger partial charge in [-0.2, -0.15) is 0 Å². The van der Waals surface area contributed by atoms with Crippen LogP contribution in [0.5, 0.6) is 0 Å². The molecule has 1 fully saturated rings. The third kappa shape index (κ3) is 7.29. The van der Waals surface area contributed by atoms with Gasteiger partial charge in [-0.1, -0.05) is 72.8 Å². The summed E-state index contributed by atoms with van der Waals surface area (Å²) in [6, 6.07) is 24.6. The number of rotatable bonds is 10. The number of para-hydroxylation sites is 2. The molecule has 3 atom stereocenters. The number of hydrogen-bond donors (Lipinski definition) is 3. The number of amides is 3. The molecule has 1 saturated heterocycles. The predicted molar refractivity (Wildman–Crippen MR) is 152 cm³/mol. The van der Waals surface area contributed by atoms with Gasteiger partial charge in [-0.3, -0.25) is 24.1 Å². The summed E-state index contributed by atoms with van der Waals surface area (Å²) in [7, 11) is 0. The zero-order valence-electron chi connectivity index (χ0n) is 22.5. The molecule has 212 valence electrons. The zero-order chi connectivity index (χ0) is 28.6. The van der Waals surface area contributed by atoms with Gasteiger partial charge in [0.15, 0.2) is 0 Å². The number of nitrogens with one attached hydrogen (secondary N) is 3. The van der Waals surface area contributed by atoms with E-state index in [-0.39, 0.29) is 38.4 Å². The molecule has 0 bridgehead atoms. The molecule has 2 aliphatic heterocycles. The number of aryl methyl sites for hydroxylation is 1. The lowest BCUT2D eigenvalue weighted by Crippen LogP contribution is -2.53. The predicted octanol–water partition coefficient (Wildman–Crippen LogP) is 2.54. The average molecular weight is 557 g/mol. The van der Waals surface area contributed by atoms with E-state index in [1.165, 1.54) is 4.90 Å². The lowest BCUT2D eigenvalue weighted by molar-refractivity contribution is -0.168. The summed E-state index contributed by atoms with van der Waals surface area (Å²) >= 11 is 0. The number of carbonyl (C=O) groups excluding carboxylic acids is 4. The van der Waals surface area contributed by atoms with Gasteiger partial charge in [0.05, 0.1) is 24.4 Å². The number of ether oxygens (including phenoxy) is 2. The molecule has 0 aliphatic carbocycles. The molecule has 0 spiro atoms. The number of cyclic esters (lactones) is 1. The van der Waals surface area contributed by atoms with Crippen molar-refractivity contribution in [2.45, 2.75) is 44.2 Å². The normalized spacial score (nSPS) is 19.9. The summed E-state index contributed by atoms with van der Waals surface area (Å²) < 4.78 is 11.1. The third-order valence-electron chi connectivity index (χ3n) is 6.94. The highest BCUT2D eigenvalue weighted by Crippen LogP contribution is 2.29. The van der Waals surface area contributed by atoms with Gasteiger partial charge in [0.25, 0.3) is 5.91 Å². The van der Waals surface area contributed by atoms with Gasteiger partial charge in [-0.05, 0) is 29.7 Å². The topological polar surface area (TPSA) is 126 Å². The number of nitrogens with zero attached hydrogens (tertiary/aromatic N) is 1. The van der Waals surface area contributed by atoms with Crippen LogP contribution in [-0.2, 0) is 41.7 Å². The van der Waals surface area contributed by atoms with E-state index in [1.807, 2.05) is 72.8 Å². The largest absolute Gasteiger partial charge is 0.433 e. The van der Waals surface area contributed by atoms with Crippen molar-refractivity contribution in [3.63, 3.8) is 0 Å². The van der Waals surface area contributed by atoms with E-state index in [4.69, 9.17) is 9.47 Å². The van der Waals surface area contributed by atoms with Crippen LogP contribution in [-0.4, -0.2) is 55.2 Å². The lowest BCUT2D eigenvalue weighted by atomic mass is 10.1. The fraction of sp³-hybridized carbons (Fsp3) is 0.290.